The van der Waals surface area contributed by atoms with E-state index in [2.05, 4.69) is 59.4 Å². The third-order valence-corrected chi connectivity index (χ3v) is 11.0. The number of fused-ring (bicyclic) bond motifs is 2. The number of rotatable bonds is 8. The van der Waals surface area contributed by atoms with Gasteiger partial charge in [-0.3, -0.25) is 4.79 Å². The number of hydrogen-bond acceptors (Lipinski definition) is 6. The molecule has 4 fully saturated rings. The molecule has 3 aliphatic carbocycles. The molecule has 0 N–H and O–H groups in total. The van der Waals surface area contributed by atoms with Gasteiger partial charge in [-0.25, -0.2) is 19.6 Å². The van der Waals surface area contributed by atoms with Crippen LogP contribution in [0.5, 0.6) is 5.75 Å². The molecule has 0 spiro atoms. The first-order valence-electron chi connectivity index (χ1n) is 16.4. The molecule has 4 aliphatic rings. The number of imidazole rings is 1. The molecule has 5 heterocycles. The molecule has 230 valence electrons. The minimum absolute atomic E-state index is 0.100. The van der Waals surface area contributed by atoms with E-state index in [0.717, 1.165) is 65.1 Å². The van der Waals surface area contributed by atoms with Gasteiger partial charge in [0, 0.05) is 47.4 Å². The van der Waals surface area contributed by atoms with Crippen molar-refractivity contribution in [1.29, 1.82) is 0 Å². The largest absolute Gasteiger partial charge is 0.494 e. The highest BCUT2D eigenvalue weighted by Gasteiger charge is 2.61. The van der Waals surface area contributed by atoms with Gasteiger partial charge in [0.1, 0.15) is 23.3 Å². The average Bonchev–Trinajstić information content (AvgIpc) is 3.47. The fourth-order valence-electron chi connectivity index (χ4n) is 8.55. The van der Waals surface area contributed by atoms with Gasteiger partial charge in [-0.15, -0.1) is 0 Å². The quantitative estimate of drug-likeness (QED) is 0.223. The molecule has 4 atom stereocenters. The van der Waals surface area contributed by atoms with E-state index in [9.17, 15) is 4.79 Å². The van der Waals surface area contributed by atoms with Gasteiger partial charge < -0.3 is 18.8 Å². The number of amides is 1. The summed E-state index contributed by atoms with van der Waals surface area (Å²) in [5.41, 5.74) is 6.37. The number of aromatic nitrogens is 7. The molecule has 10 rings (SSSR count). The fraction of sp³-hybridized carbons (Fsp3) is 0.361. The standard InChI is InChI=1S/C36H34N8O2/c1-46-32-12-25(36(45)42-19-26-8-24-11-30(42)33(24)26)9-28-34(32)43(17-22-13-39-44(18-22)27-14-37-20-38-15-27)35(40-28)31-10-23-4-2-3-5-29(23)41(31)16-21-6-7-21/h2-5,9-10,12-15,18,20-21,24,26,30,33H,6-8,11,16-17,19H2,1H3/t24?,26?,30?,33-/m1/s1. The summed E-state index contributed by atoms with van der Waals surface area (Å²) in [6.45, 7) is 2.36. The molecule has 10 heteroatoms. The van der Waals surface area contributed by atoms with Gasteiger partial charge >= 0.3 is 0 Å². The SMILES string of the molecule is COc1cc(C(=O)N2CC3CC4CC2[C@H]43)cc2nc(-c3cc4ccccc4n3CC3CC3)n(Cc3cnn(-c4cncnc4)c3)c12. The number of nitrogens with zero attached hydrogens (tertiary/aromatic N) is 8. The minimum atomic E-state index is 0.100. The van der Waals surface area contributed by atoms with Crippen LogP contribution in [-0.2, 0) is 13.1 Å². The number of carbonyl (C=O) groups is 1. The smallest absolute Gasteiger partial charge is 0.254 e. The lowest BCUT2D eigenvalue weighted by Gasteiger charge is -2.52. The van der Waals surface area contributed by atoms with Gasteiger partial charge in [-0.1, -0.05) is 18.2 Å². The van der Waals surface area contributed by atoms with Crippen molar-refractivity contribution in [1.82, 2.24) is 38.8 Å². The Labute approximate surface area is 265 Å². The lowest BCUT2D eigenvalue weighted by molar-refractivity contribution is -0.0204. The molecule has 3 saturated carbocycles. The third kappa shape index (κ3) is 3.91. The average molecular weight is 611 g/mol. The van der Waals surface area contributed by atoms with Crippen LogP contribution < -0.4 is 4.74 Å². The summed E-state index contributed by atoms with van der Waals surface area (Å²) < 4.78 is 12.5. The summed E-state index contributed by atoms with van der Waals surface area (Å²) >= 11 is 0. The molecule has 1 saturated heterocycles. The van der Waals surface area contributed by atoms with E-state index in [1.165, 1.54) is 36.5 Å². The van der Waals surface area contributed by atoms with Crippen molar-refractivity contribution in [2.45, 2.75) is 44.8 Å². The molecular formula is C36H34N8O2. The van der Waals surface area contributed by atoms with Gasteiger partial charge in [0.05, 0.1) is 43.5 Å². The Morgan fingerprint density at radius 2 is 1.87 bits per heavy atom. The Balaban J connectivity index is 1.13. The first-order valence-corrected chi connectivity index (χ1v) is 16.4. The van der Waals surface area contributed by atoms with Crippen LogP contribution in [0.3, 0.4) is 0 Å². The molecule has 4 aromatic heterocycles. The summed E-state index contributed by atoms with van der Waals surface area (Å²) in [5.74, 6) is 4.53. The van der Waals surface area contributed by atoms with Crippen LogP contribution in [0, 0.1) is 23.7 Å². The van der Waals surface area contributed by atoms with Crippen LogP contribution in [0.2, 0.25) is 0 Å². The first-order chi connectivity index (χ1) is 22.6. The number of para-hydroxylation sites is 1. The van der Waals surface area contributed by atoms with Crippen LogP contribution in [-0.4, -0.2) is 64.4 Å². The predicted molar refractivity (Wildman–Crippen MR) is 173 cm³/mol. The summed E-state index contributed by atoms with van der Waals surface area (Å²) in [5, 5.41) is 5.81. The van der Waals surface area contributed by atoms with Crippen molar-refractivity contribution in [3.05, 3.63) is 84.7 Å². The molecule has 1 aliphatic heterocycles. The van der Waals surface area contributed by atoms with Crippen LogP contribution in [0.15, 0.2) is 73.6 Å². The van der Waals surface area contributed by atoms with Crippen LogP contribution in [0.25, 0.3) is 39.1 Å². The molecule has 6 aromatic rings. The zero-order chi connectivity index (χ0) is 30.5. The van der Waals surface area contributed by atoms with Crippen molar-refractivity contribution in [3.63, 3.8) is 0 Å². The van der Waals surface area contributed by atoms with E-state index in [1.54, 1.807) is 24.2 Å². The lowest BCUT2D eigenvalue weighted by atomic mass is 9.53. The van der Waals surface area contributed by atoms with Crippen molar-refractivity contribution in [2.24, 2.45) is 23.7 Å². The molecule has 10 nitrogen and oxygen atoms in total. The molecule has 46 heavy (non-hydrogen) atoms. The monoisotopic (exact) mass is 610 g/mol. The van der Waals surface area contributed by atoms with E-state index in [-0.39, 0.29) is 5.91 Å². The maximum Gasteiger partial charge on any atom is 0.254 e. The molecule has 2 aromatic carbocycles. The van der Waals surface area contributed by atoms with Crippen molar-refractivity contribution < 1.29 is 9.53 Å². The van der Waals surface area contributed by atoms with Gasteiger partial charge in [0.2, 0.25) is 0 Å². The molecular weight excluding hydrogens is 576 g/mol. The second kappa shape index (κ2) is 9.75. The fourth-order valence-corrected chi connectivity index (χ4v) is 8.55. The second-order valence-electron chi connectivity index (χ2n) is 13.7. The van der Waals surface area contributed by atoms with Gasteiger partial charge in [-0.2, -0.15) is 5.10 Å². The maximum atomic E-state index is 14.0. The van der Waals surface area contributed by atoms with Crippen LogP contribution in [0.1, 0.15) is 41.6 Å². The molecule has 3 unspecified atom stereocenters. The molecule has 1 amide bonds. The molecule has 0 radical (unpaired) electrons. The number of benzene rings is 2. The topological polar surface area (TPSA) is 95.9 Å². The van der Waals surface area contributed by atoms with Crippen molar-refractivity contribution in [3.8, 4) is 23.0 Å². The Bertz CT molecular complexity index is 2160. The number of hydrogen-bond donors (Lipinski definition) is 0. The zero-order valence-corrected chi connectivity index (χ0v) is 25.7. The van der Waals surface area contributed by atoms with E-state index < -0.39 is 0 Å². The first kappa shape index (κ1) is 26.2. The van der Waals surface area contributed by atoms with Crippen molar-refractivity contribution in [2.75, 3.05) is 13.7 Å². The van der Waals surface area contributed by atoms with E-state index in [1.807, 2.05) is 24.5 Å². The number of likely N-dealkylation sites (tertiary alicyclic amines) is 1. The Hall–Kier alpha value is -4.99. The van der Waals surface area contributed by atoms with Crippen LogP contribution in [0.4, 0.5) is 0 Å². The van der Waals surface area contributed by atoms with Crippen molar-refractivity contribution >= 4 is 27.8 Å². The number of ether oxygens (including phenoxy) is 1. The number of methoxy groups -OCH3 is 1. The van der Waals surface area contributed by atoms with Gasteiger partial charge in [0.25, 0.3) is 5.91 Å². The highest BCUT2D eigenvalue weighted by atomic mass is 16.5. The van der Waals surface area contributed by atoms with E-state index >= 15 is 0 Å². The van der Waals surface area contributed by atoms with Gasteiger partial charge in [-0.05, 0) is 73.6 Å². The highest BCUT2D eigenvalue weighted by Crippen LogP contribution is 2.60. The number of carbonyl (C=O) groups excluding carboxylic acids is 1. The maximum absolute atomic E-state index is 14.0. The lowest BCUT2D eigenvalue weighted by Crippen LogP contribution is -2.53. The van der Waals surface area contributed by atoms with Gasteiger partial charge in [0.15, 0.2) is 5.82 Å². The summed E-state index contributed by atoms with van der Waals surface area (Å²) in [6.07, 6.45) is 13.8. The Morgan fingerprint density at radius 1 is 1.00 bits per heavy atom. The molecule has 0 bridgehead atoms. The summed E-state index contributed by atoms with van der Waals surface area (Å²) in [7, 11) is 1.68. The van der Waals surface area contributed by atoms with E-state index in [4.69, 9.17) is 9.72 Å². The summed E-state index contributed by atoms with van der Waals surface area (Å²) in [4.78, 5) is 29.8. The highest BCUT2D eigenvalue weighted by molar-refractivity contribution is 6.00. The third-order valence-electron chi connectivity index (χ3n) is 11.0. The zero-order valence-electron chi connectivity index (χ0n) is 25.7. The normalized spacial score (nSPS) is 23.0. The second-order valence-corrected chi connectivity index (χ2v) is 13.7. The Morgan fingerprint density at radius 3 is 2.67 bits per heavy atom. The predicted octanol–water partition coefficient (Wildman–Crippen LogP) is 5.58. The minimum Gasteiger partial charge on any atom is -0.494 e. The van der Waals surface area contributed by atoms with E-state index in [0.29, 0.717) is 35.7 Å². The van der Waals surface area contributed by atoms with Crippen LogP contribution >= 0.6 is 0 Å². The Kier molecular flexibility index (Phi) is 5.57. The summed E-state index contributed by atoms with van der Waals surface area (Å²) in [6, 6.07) is 15.1.